The summed E-state index contributed by atoms with van der Waals surface area (Å²) in [6.45, 7) is 0. The number of carbonyl (C=O) groups is 1. The molecule has 0 unspecified atom stereocenters. The molecule has 3 nitrogen and oxygen atoms in total. The van der Waals surface area contributed by atoms with E-state index in [0.717, 1.165) is 10.2 Å². The first kappa shape index (κ1) is 13.9. The number of urea groups is 1. The number of benzene rings is 2. The zero-order valence-electron chi connectivity index (χ0n) is 10.3. The van der Waals surface area contributed by atoms with Gasteiger partial charge in [-0.25, -0.2) is 10.1 Å². The lowest BCUT2D eigenvalue weighted by atomic mass is 10.2. The van der Waals surface area contributed by atoms with Crippen LogP contribution >= 0.6 is 0 Å². The second-order valence-corrected chi connectivity index (χ2v) is 3.93. The number of halogens is 3. The van der Waals surface area contributed by atoms with Crippen molar-refractivity contribution in [1.29, 1.82) is 0 Å². The maximum Gasteiger partial charge on any atom is 0.485 e. The molecule has 0 saturated carbocycles. The number of para-hydroxylation sites is 2. The van der Waals surface area contributed by atoms with Crippen molar-refractivity contribution in [2.45, 2.75) is 6.30 Å². The van der Waals surface area contributed by atoms with Crippen LogP contribution in [0.25, 0.3) is 0 Å². The Kier molecular flexibility index (Phi) is 3.93. The predicted octanol–water partition coefficient (Wildman–Crippen LogP) is 4.05. The van der Waals surface area contributed by atoms with Crippen molar-refractivity contribution in [1.82, 2.24) is 5.32 Å². The van der Waals surface area contributed by atoms with E-state index in [1.54, 1.807) is 60.7 Å². The van der Waals surface area contributed by atoms with Crippen molar-refractivity contribution in [3.05, 3.63) is 60.7 Å². The first-order valence-electron chi connectivity index (χ1n) is 5.76. The average molecular weight is 280 g/mol. The lowest BCUT2D eigenvalue weighted by Gasteiger charge is -2.24. The zero-order valence-corrected chi connectivity index (χ0v) is 10.3. The molecule has 0 bridgehead atoms. The van der Waals surface area contributed by atoms with Gasteiger partial charge in [-0.1, -0.05) is 36.4 Å². The maximum atomic E-state index is 12.3. The summed E-state index contributed by atoms with van der Waals surface area (Å²) in [7, 11) is 0. The second kappa shape index (κ2) is 5.64. The molecule has 6 heteroatoms. The van der Waals surface area contributed by atoms with Crippen LogP contribution < -0.4 is 10.2 Å². The van der Waals surface area contributed by atoms with Crippen LogP contribution in [0.2, 0.25) is 0 Å². The zero-order chi connectivity index (χ0) is 14.6. The number of amides is 2. The Morgan fingerprint density at radius 3 is 1.60 bits per heavy atom. The number of alkyl halides is 3. The molecule has 20 heavy (non-hydrogen) atoms. The minimum Gasteiger partial charge on any atom is -0.263 e. The Bertz CT molecular complexity index is 530. The molecule has 2 aromatic carbocycles. The molecule has 0 radical (unpaired) electrons. The highest BCUT2D eigenvalue weighted by Gasteiger charge is 2.33. The highest BCUT2D eigenvalue weighted by atomic mass is 19.4. The van der Waals surface area contributed by atoms with Gasteiger partial charge in [0.25, 0.3) is 0 Å². The van der Waals surface area contributed by atoms with E-state index in [1.807, 2.05) is 0 Å². The summed E-state index contributed by atoms with van der Waals surface area (Å²) in [4.78, 5) is 12.8. The molecule has 0 aliphatic carbocycles. The summed E-state index contributed by atoms with van der Waals surface area (Å²) in [5.41, 5.74) is 0.695. The van der Waals surface area contributed by atoms with E-state index < -0.39 is 12.3 Å². The predicted molar refractivity (Wildman–Crippen MR) is 69.6 cm³/mol. The molecule has 0 aromatic heterocycles. The van der Waals surface area contributed by atoms with E-state index in [4.69, 9.17) is 0 Å². The molecule has 1 N–H and O–H groups in total. The molecule has 0 heterocycles. The summed E-state index contributed by atoms with van der Waals surface area (Å²) in [6, 6.07) is 15.0. The highest BCUT2D eigenvalue weighted by Crippen LogP contribution is 2.25. The molecular weight excluding hydrogens is 269 g/mol. The number of rotatable bonds is 2. The lowest BCUT2D eigenvalue weighted by molar-refractivity contribution is -0.144. The number of anilines is 2. The van der Waals surface area contributed by atoms with E-state index in [9.17, 15) is 18.0 Å². The van der Waals surface area contributed by atoms with Gasteiger partial charge in [0.1, 0.15) is 0 Å². The summed E-state index contributed by atoms with van der Waals surface area (Å²) in [5, 5.41) is 1.00. The normalized spacial score (nSPS) is 10.9. The molecular formula is C14H11F3N2O. The second-order valence-electron chi connectivity index (χ2n) is 3.93. The standard InChI is InChI=1S/C14H11F3N2O/c15-14(16,17)18-13(20)19(11-7-3-1-4-8-11)12-9-5-2-6-10-12/h1-10H,(H,18,20). The quantitative estimate of drug-likeness (QED) is 0.827. The molecule has 0 aliphatic heterocycles. The van der Waals surface area contributed by atoms with Crippen LogP contribution in [0.4, 0.5) is 29.3 Å². The fourth-order valence-corrected chi connectivity index (χ4v) is 1.71. The minimum atomic E-state index is -4.78. The van der Waals surface area contributed by atoms with Gasteiger partial charge in [0, 0.05) is 0 Å². The Morgan fingerprint density at radius 1 is 0.850 bits per heavy atom. The van der Waals surface area contributed by atoms with Gasteiger partial charge in [-0.05, 0) is 24.3 Å². The van der Waals surface area contributed by atoms with Gasteiger partial charge in [0.2, 0.25) is 0 Å². The third-order valence-corrected chi connectivity index (χ3v) is 2.48. The largest absolute Gasteiger partial charge is 0.485 e. The minimum absolute atomic E-state index is 0.348. The van der Waals surface area contributed by atoms with Crippen molar-refractivity contribution >= 4 is 17.4 Å². The van der Waals surface area contributed by atoms with E-state index in [2.05, 4.69) is 0 Å². The SMILES string of the molecule is O=C(NC(F)(F)F)N(c1ccccc1)c1ccccc1. The van der Waals surface area contributed by atoms with E-state index >= 15 is 0 Å². The van der Waals surface area contributed by atoms with Gasteiger partial charge < -0.3 is 0 Å². The number of carbonyl (C=O) groups excluding carboxylic acids is 1. The molecule has 2 aromatic rings. The third kappa shape index (κ3) is 3.50. The molecule has 0 aliphatic rings. The molecule has 2 amide bonds. The highest BCUT2D eigenvalue weighted by molar-refractivity contribution is 5.99. The number of hydrogen-bond acceptors (Lipinski definition) is 1. The fourth-order valence-electron chi connectivity index (χ4n) is 1.71. The molecule has 0 fully saturated rings. The Hall–Kier alpha value is -2.50. The van der Waals surface area contributed by atoms with Crippen molar-refractivity contribution in [3.63, 3.8) is 0 Å². The van der Waals surface area contributed by atoms with Crippen LogP contribution in [0.15, 0.2) is 60.7 Å². The molecule has 2 rings (SSSR count). The number of hydrogen-bond donors (Lipinski definition) is 1. The van der Waals surface area contributed by atoms with Gasteiger partial charge in [0.05, 0.1) is 11.4 Å². The fraction of sp³-hybridized carbons (Fsp3) is 0.0714. The van der Waals surface area contributed by atoms with E-state index in [0.29, 0.717) is 11.4 Å². The van der Waals surface area contributed by atoms with Crippen LogP contribution in [-0.2, 0) is 0 Å². The first-order valence-corrected chi connectivity index (χ1v) is 5.76. The number of nitrogens with one attached hydrogen (secondary N) is 1. The maximum absolute atomic E-state index is 12.3. The summed E-state index contributed by atoms with van der Waals surface area (Å²) >= 11 is 0. The van der Waals surface area contributed by atoms with Gasteiger partial charge in [-0.15, -0.1) is 0 Å². The molecule has 104 valence electrons. The Balaban J connectivity index is 2.38. The smallest absolute Gasteiger partial charge is 0.263 e. The van der Waals surface area contributed by atoms with Crippen LogP contribution in [0.1, 0.15) is 0 Å². The van der Waals surface area contributed by atoms with Gasteiger partial charge in [-0.3, -0.25) is 4.90 Å². The average Bonchev–Trinajstić information content (AvgIpc) is 2.39. The lowest BCUT2D eigenvalue weighted by Crippen LogP contribution is -2.44. The third-order valence-electron chi connectivity index (χ3n) is 2.48. The summed E-state index contributed by atoms with van der Waals surface area (Å²) in [6.07, 6.45) is -4.78. The monoisotopic (exact) mass is 280 g/mol. The summed E-state index contributed by atoms with van der Waals surface area (Å²) < 4.78 is 37.0. The first-order chi connectivity index (χ1) is 9.47. The number of nitrogens with zero attached hydrogens (tertiary/aromatic N) is 1. The van der Waals surface area contributed by atoms with E-state index in [1.165, 1.54) is 0 Å². The van der Waals surface area contributed by atoms with Gasteiger partial charge >= 0.3 is 12.3 Å². The Morgan fingerprint density at radius 2 is 1.25 bits per heavy atom. The van der Waals surface area contributed by atoms with Crippen LogP contribution in [0, 0.1) is 0 Å². The molecule has 0 saturated heterocycles. The van der Waals surface area contributed by atoms with Crippen molar-refractivity contribution < 1.29 is 18.0 Å². The van der Waals surface area contributed by atoms with Crippen LogP contribution in [0.5, 0.6) is 0 Å². The van der Waals surface area contributed by atoms with Crippen LogP contribution in [0.3, 0.4) is 0 Å². The molecule has 0 spiro atoms. The Labute approximate surface area is 113 Å². The molecule has 0 atom stereocenters. The van der Waals surface area contributed by atoms with Crippen molar-refractivity contribution in [2.24, 2.45) is 0 Å². The topological polar surface area (TPSA) is 32.3 Å². The van der Waals surface area contributed by atoms with Crippen molar-refractivity contribution in [3.8, 4) is 0 Å². The van der Waals surface area contributed by atoms with E-state index in [-0.39, 0.29) is 0 Å². The summed E-state index contributed by atoms with van der Waals surface area (Å²) in [5.74, 6) is 0. The van der Waals surface area contributed by atoms with Crippen LogP contribution in [-0.4, -0.2) is 12.3 Å². The van der Waals surface area contributed by atoms with Gasteiger partial charge in [-0.2, -0.15) is 13.2 Å². The van der Waals surface area contributed by atoms with Gasteiger partial charge in [0.15, 0.2) is 0 Å². The van der Waals surface area contributed by atoms with Crippen molar-refractivity contribution in [2.75, 3.05) is 4.90 Å².